The molecular weight excluding hydrogens is 150 g/mol. The number of aliphatic hydroxyl groups is 1. The lowest BCUT2D eigenvalue weighted by Crippen LogP contribution is -1.92. The van der Waals surface area contributed by atoms with Crippen LogP contribution in [0.1, 0.15) is 16.7 Å². The molecular formula is C10H11NO. The van der Waals surface area contributed by atoms with Crippen LogP contribution in [0.25, 0.3) is 0 Å². The average Bonchev–Trinajstić information content (AvgIpc) is 2.04. The SMILES string of the molecule is Cc1cc(C#N)cc(CCO)c1. The monoisotopic (exact) mass is 161 g/mol. The van der Waals surface area contributed by atoms with Crippen LogP contribution in [0.4, 0.5) is 0 Å². The third-order valence-corrected chi connectivity index (χ3v) is 1.67. The molecule has 12 heavy (non-hydrogen) atoms. The maximum absolute atomic E-state index is 8.69. The van der Waals surface area contributed by atoms with Crippen LogP contribution < -0.4 is 0 Å². The molecule has 0 aliphatic carbocycles. The Balaban J connectivity index is 3.00. The Morgan fingerprint density at radius 3 is 2.75 bits per heavy atom. The van der Waals surface area contributed by atoms with Crippen molar-refractivity contribution in [2.24, 2.45) is 0 Å². The maximum Gasteiger partial charge on any atom is 0.0991 e. The molecule has 0 unspecified atom stereocenters. The summed E-state index contributed by atoms with van der Waals surface area (Å²) in [5, 5.41) is 17.3. The minimum Gasteiger partial charge on any atom is -0.396 e. The number of rotatable bonds is 2. The van der Waals surface area contributed by atoms with Gasteiger partial charge in [-0.2, -0.15) is 5.26 Å². The zero-order valence-electron chi connectivity index (χ0n) is 7.04. The fourth-order valence-electron chi connectivity index (χ4n) is 1.20. The summed E-state index contributed by atoms with van der Waals surface area (Å²) in [6.07, 6.45) is 0.621. The summed E-state index contributed by atoms with van der Waals surface area (Å²) >= 11 is 0. The molecule has 0 aliphatic heterocycles. The normalized spacial score (nSPS) is 9.42. The van der Waals surface area contributed by atoms with Crippen LogP contribution in [0.3, 0.4) is 0 Å². The molecule has 0 heterocycles. The van der Waals surface area contributed by atoms with Crippen LogP contribution in [-0.4, -0.2) is 11.7 Å². The van der Waals surface area contributed by atoms with E-state index in [0.717, 1.165) is 11.1 Å². The summed E-state index contributed by atoms with van der Waals surface area (Å²) in [6, 6.07) is 7.71. The van der Waals surface area contributed by atoms with Crippen molar-refractivity contribution in [1.29, 1.82) is 5.26 Å². The molecule has 0 fully saturated rings. The van der Waals surface area contributed by atoms with E-state index in [9.17, 15) is 0 Å². The first-order valence-corrected chi connectivity index (χ1v) is 3.88. The van der Waals surface area contributed by atoms with Gasteiger partial charge in [0.1, 0.15) is 0 Å². The van der Waals surface area contributed by atoms with Gasteiger partial charge in [-0.1, -0.05) is 6.07 Å². The molecule has 2 nitrogen and oxygen atoms in total. The van der Waals surface area contributed by atoms with Gasteiger partial charge in [0.2, 0.25) is 0 Å². The van der Waals surface area contributed by atoms with Crippen LogP contribution in [0.2, 0.25) is 0 Å². The Labute approximate surface area is 72.1 Å². The van der Waals surface area contributed by atoms with Gasteiger partial charge in [0.15, 0.2) is 0 Å². The molecule has 0 radical (unpaired) electrons. The second kappa shape index (κ2) is 3.89. The summed E-state index contributed by atoms with van der Waals surface area (Å²) in [5.41, 5.74) is 2.75. The van der Waals surface area contributed by atoms with Gasteiger partial charge in [0, 0.05) is 6.61 Å². The molecule has 1 rings (SSSR count). The number of nitrogens with zero attached hydrogens (tertiary/aromatic N) is 1. The van der Waals surface area contributed by atoms with Crippen LogP contribution in [0.5, 0.6) is 0 Å². The predicted molar refractivity (Wildman–Crippen MR) is 46.7 cm³/mol. The van der Waals surface area contributed by atoms with Crippen LogP contribution >= 0.6 is 0 Å². The van der Waals surface area contributed by atoms with Crippen molar-refractivity contribution in [3.05, 3.63) is 34.9 Å². The third kappa shape index (κ3) is 2.08. The van der Waals surface area contributed by atoms with Crippen molar-refractivity contribution < 1.29 is 5.11 Å². The highest BCUT2D eigenvalue weighted by Crippen LogP contribution is 2.08. The van der Waals surface area contributed by atoms with Crippen molar-refractivity contribution >= 4 is 0 Å². The van der Waals surface area contributed by atoms with Gasteiger partial charge in [0.25, 0.3) is 0 Å². The predicted octanol–water partition coefficient (Wildman–Crippen LogP) is 1.40. The second-order valence-electron chi connectivity index (χ2n) is 2.79. The van der Waals surface area contributed by atoms with Gasteiger partial charge >= 0.3 is 0 Å². The van der Waals surface area contributed by atoms with Crippen molar-refractivity contribution in [3.63, 3.8) is 0 Å². The molecule has 1 aromatic carbocycles. The highest BCUT2D eigenvalue weighted by Gasteiger charge is 1.96. The highest BCUT2D eigenvalue weighted by molar-refractivity contribution is 5.36. The Kier molecular flexibility index (Phi) is 2.84. The van der Waals surface area contributed by atoms with Crippen LogP contribution in [0.15, 0.2) is 18.2 Å². The molecule has 0 spiro atoms. The van der Waals surface area contributed by atoms with Gasteiger partial charge in [-0.05, 0) is 36.6 Å². The van der Waals surface area contributed by atoms with Gasteiger partial charge in [-0.15, -0.1) is 0 Å². The molecule has 2 heteroatoms. The minimum atomic E-state index is 0.133. The number of hydrogen-bond acceptors (Lipinski definition) is 2. The summed E-state index contributed by atoms with van der Waals surface area (Å²) in [5.74, 6) is 0. The molecule has 0 amide bonds. The van der Waals surface area contributed by atoms with Crippen molar-refractivity contribution in [2.45, 2.75) is 13.3 Å². The highest BCUT2D eigenvalue weighted by atomic mass is 16.2. The van der Waals surface area contributed by atoms with Crippen molar-refractivity contribution in [1.82, 2.24) is 0 Å². The van der Waals surface area contributed by atoms with E-state index in [1.165, 1.54) is 0 Å². The van der Waals surface area contributed by atoms with E-state index < -0.39 is 0 Å². The fourth-order valence-corrected chi connectivity index (χ4v) is 1.20. The van der Waals surface area contributed by atoms with Gasteiger partial charge < -0.3 is 5.11 Å². The Morgan fingerprint density at radius 1 is 1.42 bits per heavy atom. The maximum atomic E-state index is 8.69. The lowest BCUT2D eigenvalue weighted by molar-refractivity contribution is 0.299. The van der Waals surface area contributed by atoms with E-state index in [-0.39, 0.29) is 6.61 Å². The molecule has 62 valence electrons. The van der Waals surface area contributed by atoms with E-state index >= 15 is 0 Å². The number of aryl methyl sites for hydroxylation is 1. The van der Waals surface area contributed by atoms with E-state index in [0.29, 0.717) is 12.0 Å². The summed E-state index contributed by atoms with van der Waals surface area (Å²) in [6.45, 7) is 2.08. The molecule has 0 aromatic heterocycles. The largest absolute Gasteiger partial charge is 0.396 e. The summed E-state index contributed by atoms with van der Waals surface area (Å²) < 4.78 is 0. The Morgan fingerprint density at radius 2 is 2.17 bits per heavy atom. The standard InChI is InChI=1S/C10H11NO/c1-8-4-9(2-3-12)6-10(5-8)7-11/h4-6,12H,2-3H2,1H3. The Bertz CT molecular complexity index is 312. The molecule has 0 saturated carbocycles. The van der Waals surface area contributed by atoms with Crippen molar-refractivity contribution in [3.8, 4) is 6.07 Å². The number of nitriles is 1. The minimum absolute atomic E-state index is 0.133. The first kappa shape index (κ1) is 8.76. The second-order valence-corrected chi connectivity index (χ2v) is 2.79. The topological polar surface area (TPSA) is 44.0 Å². The zero-order valence-corrected chi connectivity index (χ0v) is 7.04. The quantitative estimate of drug-likeness (QED) is 0.712. The molecule has 0 bridgehead atoms. The molecule has 0 atom stereocenters. The van der Waals surface area contributed by atoms with Crippen LogP contribution in [0, 0.1) is 18.3 Å². The lowest BCUT2D eigenvalue weighted by Gasteiger charge is -2.00. The summed E-state index contributed by atoms with van der Waals surface area (Å²) in [4.78, 5) is 0. The molecule has 0 aliphatic rings. The van der Waals surface area contributed by atoms with Gasteiger partial charge in [0.05, 0.1) is 11.6 Å². The Hall–Kier alpha value is -1.33. The molecule has 1 N–H and O–H groups in total. The number of hydrogen-bond donors (Lipinski definition) is 1. The van der Waals surface area contributed by atoms with E-state index in [1.54, 1.807) is 0 Å². The molecule has 0 saturated heterocycles. The molecule has 1 aromatic rings. The smallest absolute Gasteiger partial charge is 0.0991 e. The lowest BCUT2D eigenvalue weighted by atomic mass is 10.1. The number of benzene rings is 1. The zero-order chi connectivity index (χ0) is 8.97. The number of aliphatic hydroxyl groups excluding tert-OH is 1. The van der Waals surface area contributed by atoms with E-state index in [4.69, 9.17) is 10.4 Å². The van der Waals surface area contributed by atoms with E-state index in [1.807, 2.05) is 25.1 Å². The van der Waals surface area contributed by atoms with Gasteiger partial charge in [-0.25, -0.2) is 0 Å². The fraction of sp³-hybridized carbons (Fsp3) is 0.300. The van der Waals surface area contributed by atoms with Crippen molar-refractivity contribution in [2.75, 3.05) is 6.61 Å². The van der Waals surface area contributed by atoms with Crippen LogP contribution in [-0.2, 0) is 6.42 Å². The first-order valence-electron chi connectivity index (χ1n) is 3.88. The third-order valence-electron chi connectivity index (χ3n) is 1.67. The average molecular weight is 161 g/mol. The van der Waals surface area contributed by atoms with Gasteiger partial charge in [-0.3, -0.25) is 0 Å². The van der Waals surface area contributed by atoms with E-state index in [2.05, 4.69) is 6.07 Å². The first-order chi connectivity index (χ1) is 5.76. The summed E-state index contributed by atoms with van der Waals surface area (Å²) in [7, 11) is 0.